The van der Waals surface area contributed by atoms with Crippen molar-refractivity contribution in [2.75, 3.05) is 45.3 Å². The molecular formula is C22H26ClN3O3S. The summed E-state index contributed by atoms with van der Waals surface area (Å²) in [6.45, 7) is 7.33. The summed E-state index contributed by atoms with van der Waals surface area (Å²) in [7, 11) is 3.13. The Morgan fingerprint density at radius 3 is 2.43 bits per heavy atom. The Labute approximate surface area is 186 Å². The number of para-hydroxylation sites is 1. The third-order valence-electron chi connectivity index (χ3n) is 5.00. The van der Waals surface area contributed by atoms with Gasteiger partial charge in [-0.2, -0.15) is 0 Å². The first kappa shape index (κ1) is 22.3. The summed E-state index contributed by atoms with van der Waals surface area (Å²) in [5.41, 5.74) is 1.23. The number of carbonyl (C=O) groups excluding carboxylic acids is 1. The first-order chi connectivity index (χ1) is 14.5. The normalized spacial score (nSPS) is 11.1. The molecule has 30 heavy (non-hydrogen) atoms. The van der Waals surface area contributed by atoms with Gasteiger partial charge < -0.3 is 14.4 Å². The quantitative estimate of drug-likeness (QED) is 0.464. The van der Waals surface area contributed by atoms with Gasteiger partial charge in [-0.25, -0.2) is 4.98 Å². The Morgan fingerprint density at radius 2 is 1.80 bits per heavy atom. The highest BCUT2D eigenvalue weighted by Gasteiger charge is 2.23. The van der Waals surface area contributed by atoms with Gasteiger partial charge in [0.15, 0.2) is 16.6 Å². The van der Waals surface area contributed by atoms with E-state index >= 15 is 0 Å². The van der Waals surface area contributed by atoms with Crippen LogP contribution in [0.25, 0.3) is 10.2 Å². The number of benzene rings is 2. The zero-order chi connectivity index (χ0) is 21.7. The number of halogens is 1. The van der Waals surface area contributed by atoms with Gasteiger partial charge in [0, 0.05) is 18.7 Å². The van der Waals surface area contributed by atoms with Gasteiger partial charge in [0.1, 0.15) is 5.52 Å². The van der Waals surface area contributed by atoms with E-state index in [4.69, 9.17) is 21.1 Å². The summed E-state index contributed by atoms with van der Waals surface area (Å²) >= 11 is 7.78. The van der Waals surface area contributed by atoms with Crippen molar-refractivity contribution in [1.82, 2.24) is 9.88 Å². The average Bonchev–Trinajstić information content (AvgIpc) is 3.21. The number of rotatable bonds is 9. The van der Waals surface area contributed by atoms with Crippen molar-refractivity contribution in [1.29, 1.82) is 0 Å². The summed E-state index contributed by atoms with van der Waals surface area (Å²) in [4.78, 5) is 22.2. The van der Waals surface area contributed by atoms with Crippen LogP contribution in [0.5, 0.6) is 11.5 Å². The van der Waals surface area contributed by atoms with E-state index in [9.17, 15) is 4.79 Å². The monoisotopic (exact) mass is 447 g/mol. The molecule has 0 fully saturated rings. The van der Waals surface area contributed by atoms with Crippen LogP contribution >= 0.6 is 22.9 Å². The smallest absolute Gasteiger partial charge is 0.260 e. The number of methoxy groups -OCH3 is 2. The van der Waals surface area contributed by atoms with Crippen LogP contribution in [0.1, 0.15) is 24.2 Å². The molecule has 6 nitrogen and oxygen atoms in total. The molecule has 0 saturated carbocycles. The number of nitrogens with zero attached hydrogens (tertiary/aromatic N) is 3. The second kappa shape index (κ2) is 10.1. The summed E-state index contributed by atoms with van der Waals surface area (Å²) in [5, 5.41) is 1.21. The molecule has 0 unspecified atom stereocenters. The zero-order valence-electron chi connectivity index (χ0n) is 17.6. The number of likely N-dealkylation sites (N-methyl/N-ethyl adjacent to an activating group) is 1. The van der Waals surface area contributed by atoms with Gasteiger partial charge in [0.2, 0.25) is 0 Å². The lowest BCUT2D eigenvalue weighted by Gasteiger charge is -2.25. The molecule has 160 valence electrons. The standard InChI is InChI=1S/C22H26ClN3O3S/c1-5-25(6-2)12-13-26(22-24-20-16(23)8-7-9-19(20)30-22)21(27)15-10-11-17(28-3)18(14-15)29-4/h7-11,14H,5-6,12-13H2,1-4H3. The molecule has 3 aromatic rings. The fraction of sp³-hybridized carbons (Fsp3) is 0.364. The molecule has 0 atom stereocenters. The third-order valence-corrected chi connectivity index (χ3v) is 6.35. The maximum atomic E-state index is 13.5. The van der Waals surface area contributed by atoms with Crippen molar-refractivity contribution < 1.29 is 14.3 Å². The van der Waals surface area contributed by atoms with E-state index in [1.807, 2.05) is 18.2 Å². The van der Waals surface area contributed by atoms with Crippen LogP contribution in [0.3, 0.4) is 0 Å². The summed E-state index contributed by atoms with van der Waals surface area (Å²) in [5.74, 6) is 0.952. The highest BCUT2D eigenvalue weighted by Crippen LogP contribution is 2.34. The molecule has 0 radical (unpaired) electrons. The van der Waals surface area contributed by atoms with E-state index in [0.29, 0.717) is 39.3 Å². The molecule has 0 aliphatic rings. The fourth-order valence-corrected chi connectivity index (χ4v) is 4.50. The average molecular weight is 448 g/mol. The van der Waals surface area contributed by atoms with Crippen LogP contribution in [0.2, 0.25) is 5.02 Å². The minimum Gasteiger partial charge on any atom is -0.493 e. The second-order valence-electron chi connectivity index (χ2n) is 6.64. The molecule has 0 N–H and O–H groups in total. The maximum absolute atomic E-state index is 13.5. The molecule has 0 aliphatic heterocycles. The number of fused-ring (bicyclic) bond motifs is 1. The van der Waals surface area contributed by atoms with Gasteiger partial charge >= 0.3 is 0 Å². The molecule has 3 rings (SSSR count). The van der Waals surface area contributed by atoms with Crippen molar-refractivity contribution in [3.8, 4) is 11.5 Å². The number of hydrogen-bond donors (Lipinski definition) is 0. The van der Waals surface area contributed by atoms with Crippen LogP contribution in [-0.2, 0) is 0 Å². The maximum Gasteiger partial charge on any atom is 0.260 e. The number of aromatic nitrogens is 1. The molecule has 2 aromatic carbocycles. The van der Waals surface area contributed by atoms with Crippen molar-refractivity contribution in [3.05, 3.63) is 47.0 Å². The predicted molar refractivity (Wildman–Crippen MR) is 124 cm³/mol. The van der Waals surface area contributed by atoms with Gasteiger partial charge in [-0.1, -0.05) is 42.9 Å². The van der Waals surface area contributed by atoms with Gasteiger partial charge in [0.25, 0.3) is 5.91 Å². The van der Waals surface area contributed by atoms with Crippen molar-refractivity contribution in [2.24, 2.45) is 0 Å². The number of carbonyl (C=O) groups is 1. The molecule has 0 saturated heterocycles. The van der Waals surface area contributed by atoms with Crippen LogP contribution in [0, 0.1) is 0 Å². The van der Waals surface area contributed by atoms with Gasteiger partial charge in [-0.15, -0.1) is 0 Å². The van der Waals surface area contributed by atoms with E-state index in [2.05, 4.69) is 23.7 Å². The Kier molecular flexibility index (Phi) is 7.53. The zero-order valence-corrected chi connectivity index (χ0v) is 19.2. The minimum absolute atomic E-state index is 0.140. The Bertz CT molecular complexity index is 1020. The highest BCUT2D eigenvalue weighted by atomic mass is 35.5. The number of thiazole rings is 1. The van der Waals surface area contributed by atoms with Crippen LogP contribution in [0.15, 0.2) is 36.4 Å². The highest BCUT2D eigenvalue weighted by molar-refractivity contribution is 7.22. The summed E-state index contributed by atoms with van der Waals surface area (Å²) in [6, 6.07) is 10.8. The first-order valence-corrected chi connectivity index (χ1v) is 11.0. The van der Waals surface area contributed by atoms with Gasteiger partial charge in [-0.05, 0) is 43.4 Å². The molecule has 1 heterocycles. The van der Waals surface area contributed by atoms with Crippen molar-refractivity contribution in [2.45, 2.75) is 13.8 Å². The number of hydrogen-bond acceptors (Lipinski definition) is 6. The van der Waals surface area contributed by atoms with Crippen LogP contribution < -0.4 is 14.4 Å². The first-order valence-electron chi connectivity index (χ1n) is 9.83. The van der Waals surface area contributed by atoms with Crippen molar-refractivity contribution >= 4 is 44.2 Å². The molecule has 8 heteroatoms. The van der Waals surface area contributed by atoms with Crippen LogP contribution in [0.4, 0.5) is 5.13 Å². The minimum atomic E-state index is -0.140. The number of anilines is 1. The number of ether oxygens (including phenoxy) is 2. The largest absolute Gasteiger partial charge is 0.493 e. The van der Waals surface area contributed by atoms with E-state index in [-0.39, 0.29) is 5.91 Å². The van der Waals surface area contributed by atoms with E-state index in [1.54, 1.807) is 37.3 Å². The van der Waals surface area contributed by atoms with Gasteiger partial charge in [-0.3, -0.25) is 9.69 Å². The molecule has 0 spiro atoms. The van der Waals surface area contributed by atoms with E-state index in [0.717, 1.165) is 24.3 Å². The fourth-order valence-electron chi connectivity index (χ4n) is 3.21. The SMILES string of the molecule is CCN(CC)CCN(C(=O)c1ccc(OC)c(OC)c1)c1nc2c(Cl)cccc2s1. The molecule has 0 bridgehead atoms. The predicted octanol–water partition coefficient (Wildman–Crippen LogP) is 4.96. The lowest BCUT2D eigenvalue weighted by atomic mass is 10.1. The summed E-state index contributed by atoms with van der Waals surface area (Å²) in [6.07, 6.45) is 0. The van der Waals surface area contributed by atoms with E-state index in [1.165, 1.54) is 11.3 Å². The summed E-state index contributed by atoms with van der Waals surface area (Å²) < 4.78 is 11.6. The topological polar surface area (TPSA) is 54.9 Å². The lowest BCUT2D eigenvalue weighted by molar-refractivity contribution is 0.0983. The Balaban J connectivity index is 1.99. The molecule has 1 aromatic heterocycles. The molecule has 1 amide bonds. The van der Waals surface area contributed by atoms with Crippen LogP contribution in [-0.4, -0.2) is 56.2 Å². The third kappa shape index (κ3) is 4.69. The molecule has 0 aliphatic carbocycles. The van der Waals surface area contributed by atoms with Gasteiger partial charge in [0.05, 0.1) is 23.9 Å². The van der Waals surface area contributed by atoms with E-state index < -0.39 is 0 Å². The molecular weight excluding hydrogens is 422 g/mol. The Morgan fingerprint density at radius 1 is 1.07 bits per heavy atom. The number of amides is 1. The van der Waals surface area contributed by atoms with Crippen molar-refractivity contribution in [3.63, 3.8) is 0 Å². The Hall–Kier alpha value is -2.35. The lowest BCUT2D eigenvalue weighted by Crippen LogP contribution is -2.38. The second-order valence-corrected chi connectivity index (χ2v) is 8.05.